The lowest BCUT2D eigenvalue weighted by atomic mass is 9.96. The SMILES string of the molecule is C=CCOC(=O)C1=C(C)N=c2sc(=Cc3cccc([N+](=O)[O-])c3)c(=O)n2C1c1ccc(SC)cc1. The van der Waals surface area contributed by atoms with Crippen LogP contribution in [0.2, 0.25) is 0 Å². The van der Waals surface area contributed by atoms with E-state index in [1.165, 1.54) is 22.8 Å². The van der Waals surface area contributed by atoms with Crippen molar-refractivity contribution in [3.05, 3.63) is 113 Å². The third-order valence-corrected chi connectivity index (χ3v) is 7.11. The Morgan fingerprint density at radius 2 is 2.06 bits per heavy atom. The van der Waals surface area contributed by atoms with Gasteiger partial charge in [0.25, 0.3) is 11.2 Å². The Labute approximate surface area is 208 Å². The zero-order valence-corrected chi connectivity index (χ0v) is 20.6. The molecule has 8 nitrogen and oxygen atoms in total. The first-order valence-corrected chi connectivity index (χ1v) is 12.6. The lowest BCUT2D eigenvalue weighted by Gasteiger charge is -2.24. The maximum Gasteiger partial charge on any atom is 0.338 e. The van der Waals surface area contributed by atoms with Crippen molar-refractivity contribution >= 4 is 40.8 Å². The lowest BCUT2D eigenvalue weighted by molar-refractivity contribution is -0.384. The smallest absolute Gasteiger partial charge is 0.338 e. The van der Waals surface area contributed by atoms with E-state index in [1.54, 1.807) is 36.9 Å². The molecule has 35 heavy (non-hydrogen) atoms. The molecule has 0 aliphatic carbocycles. The summed E-state index contributed by atoms with van der Waals surface area (Å²) < 4.78 is 7.16. The summed E-state index contributed by atoms with van der Waals surface area (Å²) in [5.41, 5.74) is 1.58. The average molecular weight is 508 g/mol. The Hall–Kier alpha value is -3.76. The molecule has 2 aromatic carbocycles. The molecule has 0 N–H and O–H groups in total. The van der Waals surface area contributed by atoms with Crippen LogP contribution in [0.4, 0.5) is 5.69 Å². The monoisotopic (exact) mass is 507 g/mol. The maximum atomic E-state index is 13.6. The van der Waals surface area contributed by atoms with Crippen LogP contribution >= 0.6 is 23.1 Å². The largest absolute Gasteiger partial charge is 0.458 e. The fraction of sp³-hybridized carbons (Fsp3) is 0.160. The van der Waals surface area contributed by atoms with Gasteiger partial charge in [-0.05, 0) is 42.5 Å². The van der Waals surface area contributed by atoms with Crippen LogP contribution in [-0.2, 0) is 9.53 Å². The molecule has 1 aliphatic rings. The summed E-state index contributed by atoms with van der Waals surface area (Å²) in [6, 6.07) is 12.9. The van der Waals surface area contributed by atoms with Gasteiger partial charge in [-0.2, -0.15) is 0 Å². The van der Waals surface area contributed by atoms with Crippen LogP contribution < -0.4 is 14.9 Å². The molecule has 0 radical (unpaired) electrons. The number of fused-ring (bicyclic) bond motifs is 1. The molecule has 1 aliphatic heterocycles. The number of nitro benzene ring substituents is 1. The van der Waals surface area contributed by atoms with Crippen LogP contribution in [0, 0.1) is 10.1 Å². The number of esters is 1. The Kier molecular flexibility index (Phi) is 7.13. The fourth-order valence-corrected chi connectivity index (χ4v) is 5.23. The van der Waals surface area contributed by atoms with Crippen LogP contribution in [0.1, 0.15) is 24.1 Å². The van der Waals surface area contributed by atoms with Gasteiger partial charge in [-0.1, -0.05) is 48.3 Å². The summed E-state index contributed by atoms with van der Waals surface area (Å²) in [6.07, 6.45) is 5.04. The molecule has 0 bridgehead atoms. The summed E-state index contributed by atoms with van der Waals surface area (Å²) >= 11 is 2.75. The molecule has 0 saturated heterocycles. The highest BCUT2D eigenvalue weighted by molar-refractivity contribution is 7.98. The van der Waals surface area contributed by atoms with Gasteiger partial charge in [-0.25, -0.2) is 9.79 Å². The van der Waals surface area contributed by atoms with E-state index in [0.717, 1.165) is 21.8 Å². The molecular formula is C25H21N3O5S2. The third-order valence-electron chi connectivity index (χ3n) is 5.38. The number of nitro groups is 1. The number of aromatic nitrogens is 1. The lowest BCUT2D eigenvalue weighted by Crippen LogP contribution is -2.39. The Morgan fingerprint density at radius 1 is 1.31 bits per heavy atom. The normalized spacial score (nSPS) is 15.4. The van der Waals surface area contributed by atoms with Crippen molar-refractivity contribution < 1.29 is 14.5 Å². The summed E-state index contributed by atoms with van der Waals surface area (Å²) in [5, 5.41) is 11.1. The van der Waals surface area contributed by atoms with E-state index in [-0.39, 0.29) is 23.4 Å². The van der Waals surface area contributed by atoms with Gasteiger partial charge in [0.1, 0.15) is 6.61 Å². The first-order chi connectivity index (χ1) is 16.8. The number of thioether (sulfide) groups is 1. The molecule has 178 valence electrons. The van der Waals surface area contributed by atoms with E-state index in [0.29, 0.717) is 20.6 Å². The van der Waals surface area contributed by atoms with Crippen molar-refractivity contribution in [1.82, 2.24) is 4.57 Å². The summed E-state index contributed by atoms with van der Waals surface area (Å²) in [7, 11) is 0. The second-order valence-electron chi connectivity index (χ2n) is 7.59. The molecule has 3 aromatic rings. The van der Waals surface area contributed by atoms with Crippen molar-refractivity contribution in [3.63, 3.8) is 0 Å². The topological polar surface area (TPSA) is 104 Å². The second-order valence-corrected chi connectivity index (χ2v) is 9.48. The number of thiazole rings is 1. The molecular weight excluding hydrogens is 486 g/mol. The molecule has 0 saturated carbocycles. The first kappa shape index (κ1) is 24.4. The van der Waals surface area contributed by atoms with Crippen LogP contribution in [0.15, 0.2) is 87.1 Å². The molecule has 0 spiro atoms. The highest BCUT2D eigenvalue weighted by Crippen LogP contribution is 2.31. The third kappa shape index (κ3) is 4.89. The zero-order chi connectivity index (χ0) is 25.1. The summed E-state index contributed by atoms with van der Waals surface area (Å²) in [4.78, 5) is 43.3. The number of carbonyl (C=O) groups is 1. The number of nitrogens with zero attached hydrogens (tertiary/aromatic N) is 3. The predicted molar refractivity (Wildman–Crippen MR) is 136 cm³/mol. The van der Waals surface area contributed by atoms with Gasteiger partial charge in [0.05, 0.1) is 26.8 Å². The minimum Gasteiger partial charge on any atom is -0.458 e. The highest BCUT2D eigenvalue weighted by Gasteiger charge is 2.33. The van der Waals surface area contributed by atoms with Crippen LogP contribution in [0.3, 0.4) is 0 Å². The fourth-order valence-electron chi connectivity index (χ4n) is 3.78. The summed E-state index contributed by atoms with van der Waals surface area (Å²) in [6.45, 7) is 5.33. The second kappa shape index (κ2) is 10.2. The van der Waals surface area contributed by atoms with E-state index in [1.807, 2.05) is 30.5 Å². The van der Waals surface area contributed by atoms with E-state index in [2.05, 4.69) is 11.6 Å². The van der Waals surface area contributed by atoms with Crippen molar-refractivity contribution in [1.29, 1.82) is 0 Å². The number of hydrogen-bond donors (Lipinski definition) is 0. The quantitative estimate of drug-likeness (QED) is 0.159. The van der Waals surface area contributed by atoms with E-state index in [4.69, 9.17) is 4.74 Å². The molecule has 0 fully saturated rings. The van der Waals surface area contributed by atoms with E-state index >= 15 is 0 Å². The van der Waals surface area contributed by atoms with Crippen molar-refractivity contribution in [3.8, 4) is 0 Å². The van der Waals surface area contributed by atoms with Crippen LogP contribution in [0.5, 0.6) is 0 Å². The number of carbonyl (C=O) groups excluding carboxylic acids is 1. The van der Waals surface area contributed by atoms with Gasteiger partial charge in [0.15, 0.2) is 4.80 Å². The molecule has 2 heterocycles. The Morgan fingerprint density at radius 3 is 2.71 bits per heavy atom. The van der Waals surface area contributed by atoms with E-state index in [9.17, 15) is 19.7 Å². The Balaban J connectivity index is 1.91. The Bertz CT molecular complexity index is 1530. The molecule has 1 atom stereocenters. The average Bonchev–Trinajstić information content (AvgIpc) is 3.16. The van der Waals surface area contributed by atoms with Crippen molar-refractivity contribution in [2.45, 2.75) is 17.9 Å². The van der Waals surface area contributed by atoms with Gasteiger partial charge in [0, 0.05) is 17.0 Å². The van der Waals surface area contributed by atoms with Crippen LogP contribution in [0.25, 0.3) is 6.08 Å². The number of benzene rings is 2. The van der Waals surface area contributed by atoms with Crippen molar-refractivity contribution in [2.75, 3.05) is 12.9 Å². The van der Waals surface area contributed by atoms with E-state index < -0.39 is 16.9 Å². The van der Waals surface area contributed by atoms with Gasteiger partial charge < -0.3 is 4.74 Å². The maximum absolute atomic E-state index is 13.6. The number of non-ortho nitro benzene ring substituents is 1. The number of allylic oxidation sites excluding steroid dienone is 1. The molecule has 4 rings (SSSR count). The first-order valence-electron chi connectivity index (χ1n) is 10.5. The number of ether oxygens (including phenoxy) is 1. The van der Waals surface area contributed by atoms with Gasteiger partial charge in [0.2, 0.25) is 0 Å². The number of hydrogen-bond acceptors (Lipinski definition) is 8. The zero-order valence-electron chi connectivity index (χ0n) is 19.0. The van der Waals surface area contributed by atoms with Gasteiger partial charge >= 0.3 is 5.97 Å². The van der Waals surface area contributed by atoms with Crippen LogP contribution in [-0.4, -0.2) is 28.3 Å². The molecule has 0 amide bonds. The predicted octanol–water partition coefficient (Wildman–Crippen LogP) is 3.59. The minimum atomic E-state index is -0.730. The standard InChI is InChI=1S/C25H21N3O5S2/c1-4-12-33-24(30)21-15(2)26-25-27(22(21)17-8-10-19(34-3)11-9-17)23(29)20(35-25)14-16-6-5-7-18(13-16)28(31)32/h4-11,13-14,22H,1,12H2,2-3H3. The summed E-state index contributed by atoms with van der Waals surface area (Å²) in [5.74, 6) is -0.571. The molecule has 1 unspecified atom stereocenters. The van der Waals surface area contributed by atoms with Crippen molar-refractivity contribution in [2.24, 2.45) is 4.99 Å². The van der Waals surface area contributed by atoms with Gasteiger partial charge in [-0.15, -0.1) is 11.8 Å². The highest BCUT2D eigenvalue weighted by atomic mass is 32.2. The van der Waals surface area contributed by atoms with Gasteiger partial charge in [-0.3, -0.25) is 19.5 Å². The number of rotatable bonds is 7. The molecule has 10 heteroatoms. The minimum absolute atomic E-state index is 0.0327. The molecule has 1 aromatic heterocycles.